The van der Waals surface area contributed by atoms with Gasteiger partial charge in [-0.05, 0) is 24.1 Å². The Labute approximate surface area is 160 Å². The zero-order valence-electron chi connectivity index (χ0n) is 14.8. The monoisotopic (exact) mass is 374 g/mol. The maximum Gasteiger partial charge on any atom is 0.200 e. The minimum absolute atomic E-state index is 0.0721. The summed E-state index contributed by atoms with van der Waals surface area (Å²) in [6, 6.07) is 24.8. The van der Waals surface area contributed by atoms with Crippen LogP contribution in [0.2, 0.25) is 0 Å². The predicted molar refractivity (Wildman–Crippen MR) is 104 cm³/mol. The Morgan fingerprint density at radius 1 is 0.852 bits per heavy atom. The van der Waals surface area contributed by atoms with E-state index in [0.717, 1.165) is 16.7 Å². The molecule has 4 heteroatoms. The SMILES string of the molecule is Cc1ccc([C@@H]2O[C@@]23C(=O)c2ccccc2S(=O)[C@@H]3c2ccccc2)cc1. The molecule has 1 unspecified atom stereocenters. The molecule has 4 atom stereocenters. The molecule has 27 heavy (non-hydrogen) atoms. The van der Waals surface area contributed by atoms with Crippen LogP contribution in [0.5, 0.6) is 0 Å². The van der Waals surface area contributed by atoms with Gasteiger partial charge >= 0.3 is 0 Å². The third kappa shape index (κ3) is 2.37. The van der Waals surface area contributed by atoms with Gasteiger partial charge < -0.3 is 4.74 Å². The molecule has 1 fully saturated rings. The van der Waals surface area contributed by atoms with Crippen LogP contribution in [-0.2, 0) is 15.5 Å². The second-order valence-corrected chi connectivity index (χ2v) is 8.62. The van der Waals surface area contributed by atoms with Gasteiger partial charge in [-0.25, -0.2) is 0 Å². The quantitative estimate of drug-likeness (QED) is 0.618. The molecule has 0 bridgehead atoms. The number of epoxide rings is 1. The van der Waals surface area contributed by atoms with E-state index >= 15 is 0 Å². The Morgan fingerprint density at radius 2 is 1.52 bits per heavy atom. The van der Waals surface area contributed by atoms with Gasteiger partial charge in [-0.15, -0.1) is 0 Å². The highest BCUT2D eigenvalue weighted by Gasteiger charge is 2.71. The third-order valence-corrected chi connectivity index (χ3v) is 7.27. The highest BCUT2D eigenvalue weighted by atomic mass is 32.2. The lowest BCUT2D eigenvalue weighted by molar-refractivity contribution is 0.0859. The smallest absolute Gasteiger partial charge is 0.200 e. The molecule has 0 saturated carbocycles. The summed E-state index contributed by atoms with van der Waals surface area (Å²) in [5.41, 5.74) is 2.38. The van der Waals surface area contributed by atoms with E-state index in [0.29, 0.717) is 10.5 Å². The number of aryl methyl sites for hydroxylation is 1. The van der Waals surface area contributed by atoms with Crippen molar-refractivity contribution in [2.45, 2.75) is 28.8 Å². The third-order valence-electron chi connectivity index (χ3n) is 5.43. The molecule has 1 spiro atoms. The van der Waals surface area contributed by atoms with Gasteiger partial charge in [0.15, 0.2) is 5.60 Å². The average Bonchev–Trinajstić information content (AvgIpc) is 3.44. The molecular formula is C23H18O3S. The molecule has 0 N–H and O–H groups in total. The summed E-state index contributed by atoms with van der Waals surface area (Å²) in [6.45, 7) is 2.02. The van der Waals surface area contributed by atoms with Crippen molar-refractivity contribution in [2.24, 2.45) is 0 Å². The van der Waals surface area contributed by atoms with Crippen molar-refractivity contribution in [1.82, 2.24) is 0 Å². The van der Waals surface area contributed by atoms with Gasteiger partial charge in [0.25, 0.3) is 0 Å². The summed E-state index contributed by atoms with van der Waals surface area (Å²) in [4.78, 5) is 14.1. The summed E-state index contributed by atoms with van der Waals surface area (Å²) in [7, 11) is -1.38. The number of ether oxygens (including phenoxy) is 1. The molecule has 0 amide bonds. The molecule has 0 aliphatic carbocycles. The van der Waals surface area contributed by atoms with Crippen LogP contribution in [-0.4, -0.2) is 15.6 Å². The van der Waals surface area contributed by atoms with Gasteiger partial charge in [-0.1, -0.05) is 78.4 Å². The summed E-state index contributed by atoms with van der Waals surface area (Å²) in [5.74, 6) is -0.0721. The van der Waals surface area contributed by atoms with Crippen LogP contribution in [0, 0.1) is 6.92 Å². The Morgan fingerprint density at radius 3 is 2.26 bits per heavy atom. The average molecular weight is 374 g/mol. The predicted octanol–water partition coefficient (Wildman–Crippen LogP) is 4.55. The van der Waals surface area contributed by atoms with Crippen LogP contribution >= 0.6 is 0 Å². The van der Waals surface area contributed by atoms with Gasteiger partial charge in [0, 0.05) is 5.56 Å². The molecule has 0 radical (unpaired) electrons. The van der Waals surface area contributed by atoms with Crippen LogP contribution in [0.4, 0.5) is 0 Å². The van der Waals surface area contributed by atoms with Crippen LogP contribution in [0.3, 0.4) is 0 Å². The maximum atomic E-state index is 13.5. The zero-order valence-corrected chi connectivity index (χ0v) is 15.6. The van der Waals surface area contributed by atoms with Crippen molar-refractivity contribution in [3.63, 3.8) is 0 Å². The molecule has 3 aromatic carbocycles. The fraction of sp³-hybridized carbons (Fsp3) is 0.174. The minimum atomic E-state index is -1.38. The van der Waals surface area contributed by atoms with Crippen LogP contribution < -0.4 is 0 Å². The van der Waals surface area contributed by atoms with E-state index in [9.17, 15) is 9.00 Å². The van der Waals surface area contributed by atoms with E-state index < -0.39 is 21.7 Å². The number of benzene rings is 3. The molecule has 1 saturated heterocycles. The molecule has 2 aliphatic rings. The topological polar surface area (TPSA) is 46.7 Å². The van der Waals surface area contributed by atoms with E-state index in [-0.39, 0.29) is 11.9 Å². The summed E-state index contributed by atoms with van der Waals surface area (Å²) >= 11 is 0. The van der Waals surface area contributed by atoms with Crippen molar-refractivity contribution in [3.8, 4) is 0 Å². The number of carbonyl (C=O) groups excluding carboxylic acids is 1. The van der Waals surface area contributed by atoms with E-state index in [1.165, 1.54) is 0 Å². The van der Waals surface area contributed by atoms with Crippen molar-refractivity contribution in [1.29, 1.82) is 0 Å². The maximum absolute atomic E-state index is 13.5. The molecule has 134 valence electrons. The van der Waals surface area contributed by atoms with E-state index in [1.54, 1.807) is 12.1 Å². The normalized spacial score (nSPS) is 28.8. The standard InChI is InChI=1S/C23H18O3S/c1-15-11-13-16(14-12-15)21-23(26-21)20(24)18-9-5-6-10-19(18)27(25)22(23)17-7-3-2-4-8-17/h2-14,21-22H,1H3/t21-,22+,23-,27?/m0/s1. The van der Waals surface area contributed by atoms with Gasteiger partial charge in [-0.2, -0.15) is 0 Å². The summed E-state index contributed by atoms with van der Waals surface area (Å²) in [6.07, 6.45) is -0.381. The Balaban J connectivity index is 1.69. The van der Waals surface area contributed by atoms with Crippen LogP contribution in [0.25, 0.3) is 0 Å². The lowest BCUT2D eigenvalue weighted by Gasteiger charge is -2.30. The van der Waals surface area contributed by atoms with Gasteiger partial charge in [-0.3, -0.25) is 9.00 Å². The highest BCUT2D eigenvalue weighted by Crippen LogP contribution is 2.62. The molecule has 2 heterocycles. The molecule has 0 aromatic heterocycles. The van der Waals surface area contributed by atoms with E-state index in [1.807, 2.05) is 73.7 Å². The molecule has 3 nitrogen and oxygen atoms in total. The number of Topliss-reactive ketones (excluding diaryl/α,β-unsaturated/α-hetero) is 1. The van der Waals surface area contributed by atoms with Crippen LogP contribution in [0.1, 0.15) is 38.4 Å². The van der Waals surface area contributed by atoms with Crippen molar-refractivity contribution >= 4 is 16.6 Å². The molecule has 2 aliphatic heterocycles. The first kappa shape index (κ1) is 16.6. The number of hydrogen-bond donors (Lipinski definition) is 0. The summed E-state index contributed by atoms with van der Waals surface area (Å²) in [5, 5.41) is -0.521. The number of rotatable bonds is 2. The highest BCUT2D eigenvalue weighted by molar-refractivity contribution is 7.85. The van der Waals surface area contributed by atoms with Crippen molar-refractivity contribution in [3.05, 3.63) is 101 Å². The Hall–Kier alpha value is -2.56. The Bertz CT molecular complexity index is 1060. The van der Waals surface area contributed by atoms with Crippen molar-refractivity contribution in [2.75, 3.05) is 0 Å². The largest absolute Gasteiger partial charge is 0.350 e. The van der Waals surface area contributed by atoms with Crippen LogP contribution in [0.15, 0.2) is 83.8 Å². The summed E-state index contributed by atoms with van der Waals surface area (Å²) < 4.78 is 19.7. The Kier molecular flexibility index (Phi) is 3.67. The van der Waals surface area contributed by atoms with E-state index in [4.69, 9.17) is 4.74 Å². The lowest BCUT2D eigenvalue weighted by atomic mass is 9.84. The fourth-order valence-corrected chi connectivity index (χ4v) is 5.89. The first-order chi connectivity index (χ1) is 13.1. The minimum Gasteiger partial charge on any atom is -0.350 e. The fourth-order valence-electron chi connectivity index (χ4n) is 4.03. The second-order valence-electron chi connectivity index (χ2n) is 7.12. The number of ketones is 1. The van der Waals surface area contributed by atoms with E-state index in [2.05, 4.69) is 0 Å². The first-order valence-corrected chi connectivity index (χ1v) is 10.2. The molecular weight excluding hydrogens is 356 g/mol. The number of fused-ring (bicyclic) bond motifs is 1. The van der Waals surface area contributed by atoms with Gasteiger partial charge in [0.2, 0.25) is 5.78 Å². The van der Waals surface area contributed by atoms with Gasteiger partial charge in [0.1, 0.15) is 11.4 Å². The molecule has 3 aromatic rings. The second kappa shape index (κ2) is 5.98. The number of hydrogen-bond acceptors (Lipinski definition) is 3. The lowest BCUT2D eigenvalue weighted by Crippen LogP contribution is -2.40. The van der Waals surface area contributed by atoms with Crippen molar-refractivity contribution < 1.29 is 13.7 Å². The molecule has 5 rings (SSSR count). The number of carbonyl (C=O) groups is 1. The first-order valence-electron chi connectivity index (χ1n) is 8.96. The van der Waals surface area contributed by atoms with Gasteiger partial charge in [0.05, 0.1) is 15.7 Å². The zero-order chi connectivity index (χ0) is 18.6.